The Kier molecular flexibility index (Phi) is 4.95. The number of halogens is 2. The molecular formula is C25H21F2N7O2. The molecule has 6 rings (SSSR count). The van der Waals surface area contributed by atoms with E-state index < -0.39 is 11.8 Å². The molecule has 1 amide bonds. The lowest BCUT2D eigenvalue weighted by atomic mass is 9.81. The van der Waals surface area contributed by atoms with Crippen LogP contribution >= 0.6 is 0 Å². The molecule has 1 aliphatic carbocycles. The van der Waals surface area contributed by atoms with Gasteiger partial charge in [0.15, 0.2) is 0 Å². The van der Waals surface area contributed by atoms with E-state index in [-0.39, 0.29) is 30.5 Å². The third-order valence-electron chi connectivity index (χ3n) is 6.45. The minimum absolute atomic E-state index is 0.205. The lowest BCUT2D eigenvalue weighted by molar-refractivity contribution is -0.0925. The van der Waals surface area contributed by atoms with Gasteiger partial charge in [0.05, 0.1) is 18.2 Å². The number of aromatic nitrogens is 6. The second-order valence-corrected chi connectivity index (χ2v) is 9.07. The zero-order valence-electron chi connectivity index (χ0n) is 19.4. The molecule has 182 valence electrons. The Balaban J connectivity index is 1.26. The molecule has 0 spiro atoms. The van der Waals surface area contributed by atoms with Gasteiger partial charge in [0.1, 0.15) is 11.3 Å². The maximum atomic E-state index is 13.2. The molecule has 0 bridgehead atoms. The lowest BCUT2D eigenvalue weighted by Gasteiger charge is -2.31. The molecule has 5 aromatic rings. The number of aryl methyl sites for hydroxylation is 2. The zero-order valence-corrected chi connectivity index (χ0v) is 19.4. The molecule has 1 fully saturated rings. The molecule has 1 saturated carbocycles. The van der Waals surface area contributed by atoms with Crippen LogP contribution < -0.4 is 5.32 Å². The normalized spacial score (nSPS) is 15.2. The smallest absolute Gasteiger partial charge is 0.274 e. The van der Waals surface area contributed by atoms with E-state index in [1.807, 2.05) is 42.8 Å². The van der Waals surface area contributed by atoms with Crippen molar-refractivity contribution in [3.8, 4) is 17.1 Å². The number of hydrogen-bond acceptors (Lipinski definition) is 6. The molecular weight excluding hydrogens is 468 g/mol. The van der Waals surface area contributed by atoms with Crippen molar-refractivity contribution in [2.75, 3.05) is 5.32 Å². The van der Waals surface area contributed by atoms with Gasteiger partial charge in [-0.1, -0.05) is 17.3 Å². The van der Waals surface area contributed by atoms with Crippen molar-refractivity contribution < 1.29 is 18.1 Å². The average Bonchev–Trinajstić information content (AvgIpc) is 3.57. The van der Waals surface area contributed by atoms with Crippen LogP contribution in [0.2, 0.25) is 0 Å². The first-order valence-electron chi connectivity index (χ1n) is 11.4. The van der Waals surface area contributed by atoms with E-state index in [1.54, 1.807) is 29.1 Å². The number of nitrogens with zero attached hydrogens (tertiary/aromatic N) is 6. The molecule has 11 heteroatoms. The maximum Gasteiger partial charge on any atom is 0.274 e. The Morgan fingerprint density at radius 1 is 1.17 bits per heavy atom. The van der Waals surface area contributed by atoms with Crippen LogP contribution in [0.15, 0.2) is 59.8 Å². The number of rotatable bonds is 5. The first kappa shape index (κ1) is 22.1. The summed E-state index contributed by atoms with van der Waals surface area (Å²) >= 11 is 0. The van der Waals surface area contributed by atoms with Crippen molar-refractivity contribution in [2.24, 2.45) is 0 Å². The van der Waals surface area contributed by atoms with Crippen molar-refractivity contribution in [1.82, 2.24) is 29.1 Å². The van der Waals surface area contributed by atoms with Crippen LogP contribution in [0, 0.1) is 13.8 Å². The van der Waals surface area contributed by atoms with Gasteiger partial charge in [-0.25, -0.2) is 18.7 Å². The van der Waals surface area contributed by atoms with Crippen molar-refractivity contribution in [1.29, 1.82) is 0 Å². The minimum atomic E-state index is -2.67. The van der Waals surface area contributed by atoms with Gasteiger partial charge in [0, 0.05) is 48.1 Å². The number of carbonyl (C=O) groups is 1. The minimum Gasteiger partial charge on any atom is -0.339 e. The number of anilines is 1. The molecule has 1 N–H and O–H groups in total. The standard InChI is InChI=1S/C25H21F2N7O2/c1-14-3-4-16(22-31-24(36-32-22)17-8-25(26,27)9-17)7-19(14)30-23(35)20-11-29-21-6-5-18(12-33(20)21)34-13-28-10-15(34)2/h3-7,10-13,17H,8-9H2,1-2H3,(H,30,35). The van der Waals surface area contributed by atoms with E-state index in [0.717, 1.165) is 16.9 Å². The van der Waals surface area contributed by atoms with Crippen LogP contribution in [0.25, 0.3) is 22.7 Å². The molecule has 4 heterocycles. The van der Waals surface area contributed by atoms with Crippen molar-refractivity contribution in [2.45, 2.75) is 38.5 Å². The number of alkyl halides is 2. The summed E-state index contributed by atoms with van der Waals surface area (Å²) in [4.78, 5) is 26.1. The zero-order chi connectivity index (χ0) is 25.0. The highest BCUT2D eigenvalue weighted by atomic mass is 19.3. The summed E-state index contributed by atoms with van der Waals surface area (Å²) in [5.41, 5.74) is 4.81. The number of carbonyl (C=O) groups excluding carboxylic acids is 1. The number of amides is 1. The summed E-state index contributed by atoms with van der Waals surface area (Å²) in [6.45, 7) is 3.81. The summed E-state index contributed by atoms with van der Waals surface area (Å²) < 4.78 is 35.3. The van der Waals surface area contributed by atoms with E-state index in [4.69, 9.17) is 4.52 Å². The van der Waals surface area contributed by atoms with Crippen molar-refractivity contribution in [3.63, 3.8) is 0 Å². The molecule has 0 unspecified atom stereocenters. The van der Waals surface area contributed by atoms with Crippen LogP contribution in [-0.4, -0.2) is 40.9 Å². The predicted octanol–water partition coefficient (Wildman–Crippen LogP) is 4.95. The summed E-state index contributed by atoms with van der Waals surface area (Å²) in [6.07, 6.45) is 6.25. The van der Waals surface area contributed by atoms with Gasteiger partial charge < -0.3 is 14.4 Å². The average molecular weight is 489 g/mol. The fourth-order valence-corrected chi connectivity index (χ4v) is 4.35. The molecule has 1 aliphatic rings. The van der Waals surface area contributed by atoms with Crippen LogP contribution in [0.5, 0.6) is 0 Å². The van der Waals surface area contributed by atoms with E-state index >= 15 is 0 Å². The van der Waals surface area contributed by atoms with Gasteiger partial charge in [-0.3, -0.25) is 9.20 Å². The van der Waals surface area contributed by atoms with Crippen LogP contribution in [0.1, 0.15) is 46.4 Å². The van der Waals surface area contributed by atoms with Crippen molar-refractivity contribution >= 4 is 17.2 Å². The molecule has 0 radical (unpaired) electrons. The summed E-state index contributed by atoms with van der Waals surface area (Å²) in [6, 6.07) is 9.11. The highest BCUT2D eigenvalue weighted by Crippen LogP contribution is 2.48. The fourth-order valence-electron chi connectivity index (χ4n) is 4.35. The number of nitrogens with one attached hydrogen (secondary N) is 1. The van der Waals surface area contributed by atoms with Gasteiger partial charge >= 0.3 is 0 Å². The van der Waals surface area contributed by atoms with E-state index in [0.29, 0.717) is 22.6 Å². The molecule has 0 saturated heterocycles. The molecule has 0 atom stereocenters. The molecule has 36 heavy (non-hydrogen) atoms. The fraction of sp³-hybridized carbons (Fsp3) is 0.240. The Morgan fingerprint density at radius 3 is 2.75 bits per heavy atom. The van der Waals surface area contributed by atoms with Crippen LogP contribution in [-0.2, 0) is 0 Å². The van der Waals surface area contributed by atoms with Crippen LogP contribution in [0.3, 0.4) is 0 Å². The monoisotopic (exact) mass is 489 g/mol. The Morgan fingerprint density at radius 2 is 2.00 bits per heavy atom. The van der Waals surface area contributed by atoms with Crippen molar-refractivity contribution in [3.05, 3.63) is 78.1 Å². The summed E-state index contributed by atoms with van der Waals surface area (Å²) in [7, 11) is 0. The topological polar surface area (TPSA) is 103 Å². The molecule has 0 aliphatic heterocycles. The predicted molar refractivity (Wildman–Crippen MR) is 126 cm³/mol. The van der Waals surface area contributed by atoms with Gasteiger partial charge in [0.2, 0.25) is 17.6 Å². The summed E-state index contributed by atoms with van der Waals surface area (Å²) in [5.74, 6) is -2.95. The molecule has 4 aromatic heterocycles. The highest BCUT2D eigenvalue weighted by molar-refractivity contribution is 6.04. The molecule has 1 aromatic carbocycles. The van der Waals surface area contributed by atoms with E-state index in [9.17, 15) is 13.6 Å². The number of benzene rings is 1. The van der Waals surface area contributed by atoms with Gasteiger partial charge in [0.25, 0.3) is 5.91 Å². The molecule has 9 nitrogen and oxygen atoms in total. The Bertz CT molecular complexity index is 1610. The highest BCUT2D eigenvalue weighted by Gasteiger charge is 2.48. The SMILES string of the molecule is Cc1ccc(-c2noc(C3CC(F)(F)C3)n2)cc1NC(=O)c1cnc2ccc(-n3cncc3C)cn12. The Hall–Kier alpha value is -4.41. The van der Waals surface area contributed by atoms with Gasteiger partial charge in [-0.15, -0.1) is 0 Å². The quantitative estimate of drug-likeness (QED) is 0.375. The van der Waals surface area contributed by atoms with Gasteiger partial charge in [-0.05, 0) is 37.6 Å². The largest absolute Gasteiger partial charge is 0.339 e. The van der Waals surface area contributed by atoms with E-state index in [2.05, 4.69) is 25.4 Å². The van der Waals surface area contributed by atoms with Crippen LogP contribution in [0.4, 0.5) is 14.5 Å². The third kappa shape index (κ3) is 3.82. The lowest BCUT2D eigenvalue weighted by Crippen LogP contribution is -2.33. The number of pyridine rings is 1. The first-order chi connectivity index (χ1) is 17.3. The number of fused-ring (bicyclic) bond motifs is 1. The Labute approximate surface area is 203 Å². The second-order valence-electron chi connectivity index (χ2n) is 9.07. The van der Waals surface area contributed by atoms with Gasteiger partial charge in [-0.2, -0.15) is 4.98 Å². The number of hydrogen-bond donors (Lipinski definition) is 1. The number of imidazole rings is 2. The third-order valence-corrected chi connectivity index (χ3v) is 6.45. The summed E-state index contributed by atoms with van der Waals surface area (Å²) in [5, 5.41) is 6.89. The van der Waals surface area contributed by atoms with E-state index in [1.165, 1.54) is 6.20 Å². The maximum absolute atomic E-state index is 13.2. The second kappa shape index (κ2) is 8.08. The first-order valence-corrected chi connectivity index (χ1v) is 11.4.